The monoisotopic (exact) mass is 2220 g/mol. The molecule has 0 heterocycles. The third-order valence-electron chi connectivity index (χ3n) is 0. The fourth-order valence-electron chi connectivity index (χ4n) is 0. The zero-order valence-corrected chi connectivity index (χ0v) is 60.7. The van der Waals surface area contributed by atoms with E-state index in [0.717, 1.165) is 0 Å². The largest absolute Gasteiger partial charge is 2.00 e. The second kappa shape index (κ2) is 112. The van der Waals surface area contributed by atoms with E-state index in [1.54, 1.807) is 0 Å². The molecule has 0 aromatic heterocycles. The predicted molar refractivity (Wildman–Crippen MR) is 29.9 cm³/mol. The van der Waals surface area contributed by atoms with Gasteiger partial charge in [0, 0.05) is 0 Å². The van der Waals surface area contributed by atoms with Crippen molar-refractivity contribution in [2.24, 2.45) is 0 Å². The quantitative estimate of drug-likeness (QED) is 0.203. The first-order valence-corrected chi connectivity index (χ1v) is 30.7. The van der Waals surface area contributed by atoms with E-state index in [9.17, 15) is 0 Å². The molecule has 0 amide bonds. The van der Waals surface area contributed by atoms with Crippen molar-refractivity contribution in [2.45, 2.75) is 0 Å². The van der Waals surface area contributed by atoms with Crippen molar-refractivity contribution in [3.63, 3.8) is 0 Å². The number of rotatable bonds is 0. The third-order valence-corrected chi connectivity index (χ3v) is 0. The van der Waals surface area contributed by atoms with Gasteiger partial charge in [0.2, 0.25) is 0 Å². The fourth-order valence-corrected chi connectivity index (χ4v) is 0. The van der Waals surface area contributed by atoms with E-state index >= 15 is 0 Å². The Morgan fingerprint density at radius 1 is 0.250 bits per heavy atom. The molecule has 0 saturated heterocycles. The molecule has 0 saturated carbocycles. The topological polar surface area (TPSA) is 632 Å². The van der Waals surface area contributed by atoms with Crippen LogP contribution in [0.2, 0.25) is 0 Å². The Hall–Kier alpha value is 11.0. The first-order valence-electron chi connectivity index (χ1n) is 6.12. The molecule has 0 aliphatic rings. The normalized spacial score (nSPS) is 5.42. The second-order valence-corrected chi connectivity index (χ2v) is 12.5. The molecule has 0 aromatic carbocycles. The van der Waals surface area contributed by atoms with E-state index in [1.165, 1.54) is 0 Å². The van der Waals surface area contributed by atoms with Crippen molar-refractivity contribution in [1.29, 1.82) is 0 Å². The number of hydrogen-bond donors (Lipinski definition) is 0. The zero-order valence-electron chi connectivity index (χ0n) is 20.7. The van der Waals surface area contributed by atoms with Crippen LogP contribution >= 0.6 is 0 Å². The first kappa shape index (κ1) is 118. The molecule has 268 valence electrons. The van der Waals surface area contributed by atoms with Gasteiger partial charge in [-0.25, -0.2) is 0 Å². The van der Waals surface area contributed by atoms with Crippen LogP contribution in [0.4, 0.5) is 0 Å². The minimum absolute atomic E-state index is 0. The van der Waals surface area contributed by atoms with E-state index in [0.29, 0.717) is 0 Å². The van der Waals surface area contributed by atoms with Crippen molar-refractivity contribution in [3.05, 3.63) is 0 Å². The van der Waals surface area contributed by atoms with Gasteiger partial charge >= 0.3 is 483 Å². The molecule has 48 heavy (non-hydrogen) atoms. The van der Waals surface area contributed by atoms with E-state index in [4.69, 9.17) is 99.4 Å². The van der Waals surface area contributed by atoms with Crippen LogP contribution in [-0.2, 0) is 305 Å². The van der Waals surface area contributed by atoms with Crippen molar-refractivity contribution < 1.29 is 374 Å². The van der Waals surface area contributed by atoms with E-state index in [1.807, 2.05) is 0 Å². The fraction of sp³-hybridized carbons (Fsp3) is 0. The summed E-state index contributed by atoms with van der Waals surface area (Å²) in [5, 5.41) is 0. The first-order chi connectivity index (χ1) is 17.3. The Bertz CT molecular complexity index is 511. The third kappa shape index (κ3) is 1490. The van der Waals surface area contributed by atoms with Crippen molar-refractivity contribution in [3.8, 4) is 0 Å². The molecule has 0 atom stereocenters. The van der Waals surface area contributed by atoms with Gasteiger partial charge in [-0.2, -0.15) is 0 Å². The van der Waals surface area contributed by atoms with Crippen LogP contribution in [0.1, 0.15) is 0 Å². The van der Waals surface area contributed by atoms with E-state index < -0.39 is 206 Å². The Balaban J connectivity index is -0.0000000128. The van der Waals surface area contributed by atoms with Crippen LogP contribution in [-0.4, -0.2) is 109 Å². The SMILES string of the molecule is [Fe+3].[Fe+3].[Fe+3].[Fe+3].[O]=[Ti]([O-])[O-].[O]=[Ti]([O-])[O-].[O]=[Ti]([O-])[O-].[O]=[Ti]([O-])[O-].[O]=[Ti]([O-])[O-].[O]=[Zr]([O-])[O-].[O]=[Zr]([O-])[O-].[O]=[Zr]([O-])[O-].[O]=[Zr]([O-])[O-].[O]=[Zr]([O-])[O-].[Pb+2].[Pb+2].[Pb+2].[Pb+2]. The van der Waals surface area contributed by atoms with Gasteiger partial charge in [-0.05, 0) is 0 Å². The van der Waals surface area contributed by atoms with E-state index in [-0.39, 0.29) is 177 Å². The summed E-state index contributed by atoms with van der Waals surface area (Å²) in [6, 6.07) is 0. The van der Waals surface area contributed by atoms with Crippen LogP contribution in [0, 0.1) is 0 Å². The van der Waals surface area contributed by atoms with Gasteiger partial charge in [0.25, 0.3) is 0 Å². The summed E-state index contributed by atoms with van der Waals surface area (Å²) in [6.45, 7) is 0. The van der Waals surface area contributed by atoms with Crippen LogP contribution < -0.4 is 68.7 Å². The molecule has 0 spiro atoms. The summed E-state index contributed by atoms with van der Waals surface area (Å²) in [4.78, 5) is 0. The van der Waals surface area contributed by atoms with Crippen LogP contribution in [0.25, 0.3) is 0 Å². The minimum atomic E-state index is -4.29. The maximum absolute atomic E-state index is 8.61. The van der Waals surface area contributed by atoms with Gasteiger partial charge in [0.15, 0.2) is 0 Å². The van der Waals surface area contributed by atoms with Gasteiger partial charge < -0.3 is 0 Å². The maximum atomic E-state index is 8.61. The van der Waals surface area contributed by atoms with Gasteiger partial charge in [0.1, 0.15) is 0 Å². The molecule has 48 heteroatoms. The Kier molecular flexibility index (Phi) is 276. The molecule has 30 nitrogen and oxygen atoms in total. The second-order valence-electron chi connectivity index (χ2n) is 2.50. The Morgan fingerprint density at radius 3 is 0.250 bits per heavy atom. The molecular weight excluding hydrogens is 2230 g/mol. The van der Waals surface area contributed by atoms with Crippen molar-refractivity contribution in [2.75, 3.05) is 0 Å². The van der Waals surface area contributed by atoms with E-state index in [2.05, 4.69) is 0 Å². The standard InChI is InChI=1S/4Fe.30O.4Pb.5Ti.5Zr/q4*+3;;;;;;;;;;;20*-1;4*+2;;;;;;;;;;. The molecule has 0 N–H and O–H groups in total. The summed E-state index contributed by atoms with van der Waals surface area (Å²) in [6.07, 6.45) is 0. The molecule has 0 fully saturated rings. The average Bonchev–Trinajstić information content (AvgIpc) is 2.47. The molecule has 12 radical (unpaired) electrons. The summed E-state index contributed by atoms with van der Waals surface area (Å²) < 4.78 is 258. The van der Waals surface area contributed by atoms with Crippen molar-refractivity contribution >= 4 is 109 Å². The molecule has 0 rings (SSSR count). The molecule has 0 unspecified atom stereocenters. The average molecular weight is 2230 g/mol. The summed E-state index contributed by atoms with van der Waals surface area (Å²) in [5.41, 5.74) is 0. The predicted octanol–water partition coefficient (Wildman–Crippen LogP) is -26.5. The summed E-state index contributed by atoms with van der Waals surface area (Å²) >= 11 is -41.9. The van der Waals surface area contributed by atoms with Gasteiger partial charge in [-0.3, -0.25) is 0 Å². The van der Waals surface area contributed by atoms with Crippen LogP contribution in [0.15, 0.2) is 0 Å². The maximum Gasteiger partial charge on any atom is 2.00 e. The smallest absolute Gasteiger partial charge is 2.00 e. The molecule has 0 bridgehead atoms. The Morgan fingerprint density at radius 2 is 0.250 bits per heavy atom. The van der Waals surface area contributed by atoms with Gasteiger partial charge in [-0.1, -0.05) is 0 Å². The molecule has 0 aliphatic heterocycles. The van der Waals surface area contributed by atoms with Gasteiger partial charge in [-0.15, -0.1) is 0 Å². The number of hydrogen-bond acceptors (Lipinski definition) is 30. The van der Waals surface area contributed by atoms with Crippen LogP contribution in [0.3, 0.4) is 0 Å². The summed E-state index contributed by atoms with van der Waals surface area (Å²) in [5.74, 6) is 0. The summed E-state index contributed by atoms with van der Waals surface area (Å²) in [7, 11) is 0. The minimum Gasteiger partial charge on any atom is 2.00 e. The van der Waals surface area contributed by atoms with Crippen LogP contribution in [0.5, 0.6) is 0 Å². The molecular formula is Fe4O30Pb4Ti5Zr5. The molecule has 0 aromatic rings. The molecule has 0 aliphatic carbocycles. The Labute approximate surface area is 470 Å². The van der Waals surface area contributed by atoms with Gasteiger partial charge in [0.05, 0.1) is 0 Å². The van der Waals surface area contributed by atoms with Crippen molar-refractivity contribution in [1.82, 2.24) is 0 Å². The zero-order chi connectivity index (χ0) is 35.8.